The third-order valence-electron chi connectivity index (χ3n) is 5.90. The maximum atomic E-state index is 12.1. The molecule has 3 aromatic heterocycles. The molecule has 4 rings (SSSR count). The number of nitrogens with one attached hydrogen (secondary N) is 1. The van der Waals surface area contributed by atoms with E-state index in [1.165, 1.54) is 0 Å². The van der Waals surface area contributed by atoms with Crippen molar-refractivity contribution in [3.63, 3.8) is 0 Å². The van der Waals surface area contributed by atoms with Gasteiger partial charge in [-0.3, -0.25) is 4.98 Å². The molecule has 36 heavy (non-hydrogen) atoms. The van der Waals surface area contributed by atoms with E-state index in [-0.39, 0.29) is 18.9 Å². The molecule has 2 atom stereocenters. The highest BCUT2D eigenvalue weighted by Gasteiger charge is 2.24. The standard InChI is InChI=1S/C26H36N6O4/c1-8-19-18-13-20(27-14-21(18)32(30-19)22-11-9-10-12-34-22)23-17(3)29-31(7)24(23)35-15-16(2)28-25(33)36-26(4,5)6/h8,13-14,16,22H,1,9-12,15H2,2-7H3,(H,28,33)/t16-,22?/m1/s1. The molecule has 0 aliphatic carbocycles. The van der Waals surface area contributed by atoms with Gasteiger partial charge in [-0.15, -0.1) is 0 Å². The smallest absolute Gasteiger partial charge is 0.407 e. The van der Waals surface area contributed by atoms with Crippen molar-refractivity contribution < 1.29 is 19.0 Å². The number of hydrogen-bond donors (Lipinski definition) is 1. The number of fused-ring (bicyclic) bond motifs is 1. The molecule has 1 amide bonds. The van der Waals surface area contributed by atoms with Gasteiger partial charge in [-0.2, -0.15) is 10.2 Å². The Morgan fingerprint density at radius 2 is 2.14 bits per heavy atom. The second-order valence-electron chi connectivity index (χ2n) is 10.2. The molecular weight excluding hydrogens is 460 g/mol. The molecule has 10 heteroatoms. The van der Waals surface area contributed by atoms with Gasteiger partial charge in [0.05, 0.1) is 40.4 Å². The molecule has 1 saturated heterocycles. The number of aromatic nitrogens is 5. The summed E-state index contributed by atoms with van der Waals surface area (Å²) >= 11 is 0. The molecule has 3 aromatic rings. The van der Waals surface area contributed by atoms with Crippen molar-refractivity contribution in [2.45, 2.75) is 71.8 Å². The van der Waals surface area contributed by atoms with Crippen molar-refractivity contribution in [3.05, 3.63) is 30.2 Å². The van der Waals surface area contributed by atoms with Gasteiger partial charge in [0.1, 0.15) is 12.2 Å². The zero-order chi connectivity index (χ0) is 26.0. The summed E-state index contributed by atoms with van der Waals surface area (Å²) in [5.41, 5.74) is 3.42. The lowest BCUT2D eigenvalue weighted by atomic mass is 10.1. The molecule has 1 aliphatic rings. The van der Waals surface area contributed by atoms with Crippen molar-refractivity contribution in [2.24, 2.45) is 7.05 Å². The number of carbonyl (C=O) groups excluding carboxylic acids is 1. The van der Waals surface area contributed by atoms with Crippen LogP contribution in [-0.2, 0) is 16.5 Å². The Kier molecular flexibility index (Phi) is 7.35. The lowest BCUT2D eigenvalue weighted by molar-refractivity contribution is -0.0367. The Hall–Kier alpha value is -3.40. The molecule has 1 aliphatic heterocycles. The Balaban J connectivity index is 1.59. The minimum atomic E-state index is -0.567. The molecule has 1 N–H and O–H groups in total. The summed E-state index contributed by atoms with van der Waals surface area (Å²) in [5.74, 6) is 0.570. The molecule has 0 saturated carbocycles. The number of aryl methyl sites for hydroxylation is 2. The van der Waals surface area contributed by atoms with Gasteiger partial charge in [-0.25, -0.2) is 14.2 Å². The van der Waals surface area contributed by atoms with E-state index in [2.05, 4.69) is 17.0 Å². The molecule has 0 spiro atoms. The quantitative estimate of drug-likeness (QED) is 0.502. The lowest BCUT2D eigenvalue weighted by Gasteiger charge is -2.23. The number of hydrogen-bond acceptors (Lipinski definition) is 7. The second kappa shape index (κ2) is 10.3. The van der Waals surface area contributed by atoms with Crippen LogP contribution in [0.3, 0.4) is 0 Å². The van der Waals surface area contributed by atoms with Gasteiger partial charge < -0.3 is 19.5 Å². The number of nitrogens with zero attached hydrogens (tertiary/aromatic N) is 5. The first-order valence-electron chi connectivity index (χ1n) is 12.4. The van der Waals surface area contributed by atoms with E-state index in [1.54, 1.807) is 10.8 Å². The van der Waals surface area contributed by atoms with Gasteiger partial charge in [0.25, 0.3) is 0 Å². The van der Waals surface area contributed by atoms with Gasteiger partial charge in [0, 0.05) is 19.0 Å². The largest absolute Gasteiger partial charge is 0.475 e. The van der Waals surface area contributed by atoms with Crippen molar-refractivity contribution in [2.75, 3.05) is 13.2 Å². The molecule has 0 bridgehead atoms. The molecule has 4 heterocycles. The highest BCUT2D eigenvalue weighted by atomic mass is 16.6. The fourth-order valence-corrected chi connectivity index (χ4v) is 4.34. The normalized spacial score (nSPS) is 17.1. The number of alkyl carbamates (subject to hydrolysis) is 1. The summed E-state index contributed by atoms with van der Waals surface area (Å²) in [4.78, 5) is 16.9. The highest BCUT2D eigenvalue weighted by Crippen LogP contribution is 2.35. The number of ether oxygens (including phenoxy) is 3. The van der Waals surface area contributed by atoms with Crippen molar-refractivity contribution >= 4 is 23.1 Å². The van der Waals surface area contributed by atoms with Gasteiger partial charge in [0.2, 0.25) is 5.88 Å². The summed E-state index contributed by atoms with van der Waals surface area (Å²) in [6.07, 6.45) is 6.10. The molecule has 194 valence electrons. The van der Waals surface area contributed by atoms with E-state index in [0.29, 0.717) is 5.88 Å². The summed E-state index contributed by atoms with van der Waals surface area (Å²) in [7, 11) is 1.82. The van der Waals surface area contributed by atoms with Crippen LogP contribution in [0.4, 0.5) is 4.79 Å². The minimum absolute atomic E-state index is 0.0967. The van der Waals surface area contributed by atoms with Crippen LogP contribution in [0.15, 0.2) is 18.8 Å². The first kappa shape index (κ1) is 25.7. The number of pyridine rings is 1. The molecule has 0 aromatic carbocycles. The van der Waals surface area contributed by atoms with E-state index in [9.17, 15) is 4.79 Å². The first-order chi connectivity index (χ1) is 17.1. The average Bonchev–Trinajstić information content (AvgIpc) is 3.32. The molecule has 1 unspecified atom stereocenters. The van der Waals surface area contributed by atoms with Crippen LogP contribution in [0.2, 0.25) is 0 Å². The van der Waals surface area contributed by atoms with Crippen LogP contribution in [0.25, 0.3) is 28.2 Å². The SMILES string of the molecule is C=Cc1nn(C2CCCCO2)c2cnc(-c3c(C)nn(C)c3OC[C@@H](C)NC(=O)OC(C)(C)C)cc12. The van der Waals surface area contributed by atoms with Gasteiger partial charge in [-0.1, -0.05) is 6.58 Å². The average molecular weight is 497 g/mol. The van der Waals surface area contributed by atoms with Crippen molar-refractivity contribution in [1.29, 1.82) is 0 Å². The summed E-state index contributed by atoms with van der Waals surface area (Å²) < 4.78 is 21.0. The molecular formula is C26H36N6O4. The van der Waals surface area contributed by atoms with Crippen LogP contribution in [0, 0.1) is 6.92 Å². The van der Waals surface area contributed by atoms with E-state index >= 15 is 0 Å². The zero-order valence-corrected chi connectivity index (χ0v) is 22.0. The predicted octanol–water partition coefficient (Wildman–Crippen LogP) is 4.77. The van der Waals surface area contributed by atoms with Crippen molar-refractivity contribution in [1.82, 2.24) is 29.9 Å². The Bertz CT molecular complexity index is 1250. The summed E-state index contributed by atoms with van der Waals surface area (Å²) in [6.45, 7) is 14.2. The molecule has 1 fully saturated rings. The van der Waals surface area contributed by atoms with E-state index in [0.717, 1.165) is 59.4 Å². The predicted molar refractivity (Wildman–Crippen MR) is 138 cm³/mol. The second-order valence-corrected chi connectivity index (χ2v) is 10.2. The van der Waals surface area contributed by atoms with E-state index in [4.69, 9.17) is 24.3 Å². The Morgan fingerprint density at radius 3 is 2.81 bits per heavy atom. The third-order valence-corrected chi connectivity index (χ3v) is 5.90. The van der Waals surface area contributed by atoms with Crippen LogP contribution < -0.4 is 10.1 Å². The maximum Gasteiger partial charge on any atom is 0.407 e. The first-order valence-corrected chi connectivity index (χ1v) is 12.4. The van der Waals surface area contributed by atoms with Gasteiger partial charge in [-0.05, 0) is 66.0 Å². The maximum absolute atomic E-state index is 12.1. The highest BCUT2D eigenvalue weighted by molar-refractivity contribution is 5.90. The van der Waals surface area contributed by atoms with Crippen molar-refractivity contribution in [3.8, 4) is 17.1 Å². The number of amides is 1. The number of carbonyl (C=O) groups is 1. The molecule has 0 radical (unpaired) electrons. The van der Waals surface area contributed by atoms with Crippen LogP contribution >= 0.6 is 0 Å². The van der Waals surface area contributed by atoms with E-state index in [1.807, 2.05) is 58.6 Å². The fourth-order valence-electron chi connectivity index (χ4n) is 4.34. The molecule has 10 nitrogen and oxygen atoms in total. The van der Waals surface area contributed by atoms with Crippen LogP contribution in [-0.4, -0.2) is 55.5 Å². The number of rotatable bonds is 7. The Morgan fingerprint density at radius 1 is 1.36 bits per heavy atom. The van der Waals surface area contributed by atoms with Crippen LogP contribution in [0.1, 0.15) is 64.6 Å². The minimum Gasteiger partial charge on any atom is -0.475 e. The fraction of sp³-hybridized carbons (Fsp3) is 0.538. The third kappa shape index (κ3) is 5.53. The topological polar surface area (TPSA) is 105 Å². The Labute approximate surface area is 211 Å². The summed E-state index contributed by atoms with van der Waals surface area (Å²) in [6, 6.07) is 1.72. The lowest BCUT2D eigenvalue weighted by Crippen LogP contribution is -2.40. The zero-order valence-electron chi connectivity index (χ0n) is 22.0. The monoisotopic (exact) mass is 496 g/mol. The van der Waals surface area contributed by atoms with Gasteiger partial charge in [0.15, 0.2) is 6.23 Å². The van der Waals surface area contributed by atoms with Crippen LogP contribution in [0.5, 0.6) is 5.88 Å². The van der Waals surface area contributed by atoms with E-state index < -0.39 is 11.7 Å². The van der Waals surface area contributed by atoms with Gasteiger partial charge >= 0.3 is 6.09 Å². The summed E-state index contributed by atoms with van der Waals surface area (Å²) in [5, 5.41) is 13.1.